The molecule has 1 N–H and O–H groups in total. The summed E-state index contributed by atoms with van der Waals surface area (Å²) in [5.41, 5.74) is 0.606. The second kappa shape index (κ2) is 7.50. The van der Waals surface area contributed by atoms with Gasteiger partial charge in [-0.1, -0.05) is 30.3 Å². The maximum absolute atomic E-state index is 11.0. The minimum absolute atomic E-state index is 0.0377. The van der Waals surface area contributed by atoms with E-state index < -0.39 is 0 Å². The normalized spacial score (nSPS) is 7.64. The van der Waals surface area contributed by atoms with E-state index in [-0.39, 0.29) is 18.7 Å². The molecular weight excluding hydrogens is 182 g/mol. The van der Waals surface area contributed by atoms with Gasteiger partial charge in [-0.3, -0.25) is 9.59 Å². The number of nitriles is 1. The summed E-state index contributed by atoms with van der Waals surface area (Å²) in [6.07, 6.45) is -0.0377. The number of nitrogens with zero attached hydrogens (tertiary/aromatic N) is 1. The van der Waals surface area contributed by atoms with Crippen LogP contribution in [0.25, 0.3) is 0 Å². The largest absolute Gasteiger partial charge is 0.483 e. The maximum atomic E-state index is 11.0. The molecule has 0 spiro atoms. The van der Waals surface area contributed by atoms with Crippen LogP contribution in [0.4, 0.5) is 0 Å². The Bertz CT molecular complexity index is 327. The number of ketones is 1. The van der Waals surface area contributed by atoms with Crippen molar-refractivity contribution in [2.45, 2.75) is 6.42 Å². The number of hydrogen-bond donors (Lipinski definition) is 1. The van der Waals surface area contributed by atoms with E-state index in [4.69, 9.17) is 15.2 Å². The molecule has 0 fully saturated rings. The van der Waals surface area contributed by atoms with Gasteiger partial charge in [0.1, 0.15) is 0 Å². The van der Waals surface area contributed by atoms with Crippen LogP contribution < -0.4 is 0 Å². The highest BCUT2D eigenvalue weighted by Gasteiger charge is 2.01. The number of rotatable bonds is 2. The van der Waals surface area contributed by atoms with Crippen molar-refractivity contribution in [1.82, 2.24) is 0 Å². The first kappa shape index (κ1) is 11.8. The third kappa shape index (κ3) is 4.67. The van der Waals surface area contributed by atoms with E-state index in [1.165, 1.54) is 0 Å². The summed E-state index contributed by atoms with van der Waals surface area (Å²) in [6, 6.07) is 10.6. The SMILES string of the molecule is N#CCC(=O)c1ccccc1.O=CO. The molecule has 1 aromatic carbocycles. The lowest BCUT2D eigenvalue weighted by Crippen LogP contribution is -1.95. The van der Waals surface area contributed by atoms with Gasteiger partial charge in [0.2, 0.25) is 0 Å². The van der Waals surface area contributed by atoms with Gasteiger partial charge in [-0.05, 0) is 0 Å². The Balaban J connectivity index is 0.000000500. The summed E-state index contributed by atoms with van der Waals surface area (Å²) in [5.74, 6) is -0.117. The zero-order chi connectivity index (χ0) is 10.8. The van der Waals surface area contributed by atoms with Gasteiger partial charge >= 0.3 is 0 Å². The lowest BCUT2D eigenvalue weighted by atomic mass is 10.1. The highest BCUT2D eigenvalue weighted by atomic mass is 16.3. The molecule has 4 nitrogen and oxygen atoms in total. The van der Waals surface area contributed by atoms with E-state index in [0.717, 1.165) is 0 Å². The first-order chi connectivity index (χ1) is 6.76. The molecule has 1 rings (SSSR count). The molecule has 0 amide bonds. The molecule has 14 heavy (non-hydrogen) atoms. The summed E-state index contributed by atoms with van der Waals surface area (Å²) in [5, 5.41) is 15.1. The highest BCUT2D eigenvalue weighted by Crippen LogP contribution is 2.01. The van der Waals surface area contributed by atoms with Crippen molar-refractivity contribution in [2.24, 2.45) is 0 Å². The van der Waals surface area contributed by atoms with Gasteiger partial charge in [0.25, 0.3) is 6.47 Å². The van der Waals surface area contributed by atoms with Crippen LogP contribution in [0.2, 0.25) is 0 Å². The van der Waals surface area contributed by atoms with Crippen LogP contribution in [0.5, 0.6) is 0 Å². The predicted octanol–water partition coefficient (Wildman–Crippen LogP) is 1.48. The average Bonchev–Trinajstić information content (AvgIpc) is 2.21. The molecule has 0 heterocycles. The van der Waals surface area contributed by atoms with Gasteiger partial charge in [-0.2, -0.15) is 5.26 Å². The van der Waals surface area contributed by atoms with Crippen LogP contribution in [-0.4, -0.2) is 17.4 Å². The Morgan fingerprint density at radius 3 is 2.36 bits per heavy atom. The summed E-state index contributed by atoms with van der Waals surface area (Å²) < 4.78 is 0. The van der Waals surface area contributed by atoms with Crippen molar-refractivity contribution in [3.05, 3.63) is 35.9 Å². The highest BCUT2D eigenvalue weighted by molar-refractivity contribution is 5.97. The Kier molecular flexibility index (Phi) is 6.35. The second-order valence-corrected chi connectivity index (χ2v) is 2.23. The fraction of sp³-hybridized carbons (Fsp3) is 0.100. The maximum Gasteiger partial charge on any atom is 0.290 e. The number of carboxylic acid groups (broad SMARTS) is 1. The van der Waals surface area contributed by atoms with Gasteiger partial charge in [0.15, 0.2) is 5.78 Å². The molecule has 4 heteroatoms. The Morgan fingerprint density at radius 1 is 1.43 bits per heavy atom. The Labute approximate surface area is 81.4 Å². The molecule has 0 saturated carbocycles. The van der Waals surface area contributed by atoms with Crippen molar-refractivity contribution >= 4 is 12.3 Å². The summed E-state index contributed by atoms with van der Waals surface area (Å²) >= 11 is 0. The van der Waals surface area contributed by atoms with Crippen LogP contribution >= 0.6 is 0 Å². The van der Waals surface area contributed by atoms with Crippen molar-refractivity contribution in [1.29, 1.82) is 5.26 Å². The van der Waals surface area contributed by atoms with Crippen LogP contribution in [0.15, 0.2) is 30.3 Å². The first-order valence-electron chi connectivity index (χ1n) is 3.79. The molecule has 0 unspecified atom stereocenters. The predicted molar refractivity (Wildman–Crippen MR) is 49.7 cm³/mol. The smallest absolute Gasteiger partial charge is 0.290 e. The van der Waals surface area contributed by atoms with E-state index in [0.29, 0.717) is 5.56 Å². The van der Waals surface area contributed by atoms with E-state index in [1.54, 1.807) is 24.3 Å². The van der Waals surface area contributed by atoms with Crippen LogP contribution in [0.1, 0.15) is 16.8 Å². The molecule has 0 aliphatic carbocycles. The molecular formula is C10H9NO3. The molecule has 0 saturated heterocycles. The summed E-state index contributed by atoms with van der Waals surface area (Å²) in [7, 11) is 0. The fourth-order valence-corrected chi connectivity index (χ4v) is 0.798. The standard InChI is InChI=1S/C9H7NO.CH2O2/c10-7-6-9(11)8-4-2-1-3-5-8;2-1-3/h1-5H,6H2;1H,(H,2,3). The van der Waals surface area contributed by atoms with E-state index >= 15 is 0 Å². The monoisotopic (exact) mass is 191 g/mol. The lowest BCUT2D eigenvalue weighted by molar-refractivity contribution is -0.122. The fourth-order valence-electron chi connectivity index (χ4n) is 0.798. The van der Waals surface area contributed by atoms with Crippen molar-refractivity contribution in [3.63, 3.8) is 0 Å². The third-order valence-corrected chi connectivity index (χ3v) is 1.34. The number of carbonyl (C=O) groups excluding carboxylic acids is 1. The van der Waals surface area contributed by atoms with Crippen molar-refractivity contribution in [3.8, 4) is 6.07 Å². The number of carbonyl (C=O) groups is 2. The van der Waals surface area contributed by atoms with Crippen molar-refractivity contribution in [2.75, 3.05) is 0 Å². The third-order valence-electron chi connectivity index (χ3n) is 1.34. The van der Waals surface area contributed by atoms with Crippen molar-refractivity contribution < 1.29 is 14.7 Å². The summed E-state index contributed by atoms with van der Waals surface area (Å²) in [6.45, 7) is -0.250. The molecule has 0 aliphatic rings. The Hall–Kier alpha value is -2.15. The van der Waals surface area contributed by atoms with Crippen LogP contribution in [0.3, 0.4) is 0 Å². The minimum atomic E-state index is -0.250. The topological polar surface area (TPSA) is 78.2 Å². The number of benzene rings is 1. The van der Waals surface area contributed by atoms with E-state index in [2.05, 4.69) is 0 Å². The van der Waals surface area contributed by atoms with Crippen LogP contribution in [0, 0.1) is 11.3 Å². The lowest BCUT2D eigenvalue weighted by Gasteiger charge is -1.92. The van der Waals surface area contributed by atoms with Gasteiger partial charge in [0, 0.05) is 5.56 Å². The average molecular weight is 191 g/mol. The van der Waals surface area contributed by atoms with Gasteiger partial charge in [-0.15, -0.1) is 0 Å². The molecule has 0 atom stereocenters. The zero-order valence-corrected chi connectivity index (χ0v) is 7.38. The second-order valence-electron chi connectivity index (χ2n) is 2.23. The number of hydrogen-bond acceptors (Lipinski definition) is 3. The van der Waals surface area contributed by atoms with E-state index in [9.17, 15) is 4.79 Å². The summed E-state index contributed by atoms with van der Waals surface area (Å²) in [4.78, 5) is 19.4. The van der Waals surface area contributed by atoms with Gasteiger partial charge < -0.3 is 5.11 Å². The molecule has 0 aromatic heterocycles. The van der Waals surface area contributed by atoms with Gasteiger partial charge in [0.05, 0.1) is 12.5 Å². The van der Waals surface area contributed by atoms with Gasteiger partial charge in [-0.25, -0.2) is 0 Å². The minimum Gasteiger partial charge on any atom is -0.483 e. The number of Topliss-reactive ketones (excluding diaryl/α,β-unsaturated/α-hetero) is 1. The quantitative estimate of drug-likeness (QED) is 0.567. The first-order valence-corrected chi connectivity index (χ1v) is 3.79. The van der Waals surface area contributed by atoms with E-state index in [1.807, 2.05) is 12.1 Å². The van der Waals surface area contributed by atoms with Crippen LogP contribution in [-0.2, 0) is 4.79 Å². The zero-order valence-electron chi connectivity index (χ0n) is 7.38. The molecule has 0 radical (unpaired) electrons. The molecule has 1 aromatic rings. The Morgan fingerprint density at radius 2 is 1.93 bits per heavy atom. The molecule has 72 valence electrons. The molecule has 0 aliphatic heterocycles. The molecule has 0 bridgehead atoms.